The molecule has 0 aromatic heterocycles. The van der Waals surface area contributed by atoms with Crippen molar-refractivity contribution in [2.24, 2.45) is 5.41 Å². The lowest BCUT2D eigenvalue weighted by Crippen LogP contribution is -2.30. The molecule has 114 valence electrons. The van der Waals surface area contributed by atoms with Gasteiger partial charge in [-0.3, -0.25) is 4.79 Å². The SMILES string of the molecule is CC1(C)CC(=O)C2=C(C1)O[C@@]1(C=C2)C[C@@H]1c1ccc(Br)cc1. The second kappa shape index (κ2) is 4.58. The first-order chi connectivity index (χ1) is 10.4. The average molecular weight is 359 g/mol. The number of ketones is 1. The van der Waals surface area contributed by atoms with Crippen LogP contribution >= 0.6 is 15.9 Å². The summed E-state index contributed by atoms with van der Waals surface area (Å²) in [6, 6.07) is 8.46. The number of carbonyl (C=O) groups is 1. The van der Waals surface area contributed by atoms with Crippen molar-refractivity contribution in [3.05, 3.63) is 57.8 Å². The molecule has 0 bridgehead atoms. The van der Waals surface area contributed by atoms with Gasteiger partial charge in [0.1, 0.15) is 11.4 Å². The Morgan fingerprint density at radius 2 is 1.91 bits per heavy atom. The molecule has 1 aromatic carbocycles. The molecule has 0 radical (unpaired) electrons. The lowest BCUT2D eigenvalue weighted by molar-refractivity contribution is -0.118. The topological polar surface area (TPSA) is 26.3 Å². The van der Waals surface area contributed by atoms with Gasteiger partial charge in [-0.1, -0.05) is 41.9 Å². The highest BCUT2D eigenvalue weighted by atomic mass is 79.9. The number of rotatable bonds is 1. The van der Waals surface area contributed by atoms with Gasteiger partial charge in [0, 0.05) is 29.7 Å². The number of ether oxygens (including phenoxy) is 1. The van der Waals surface area contributed by atoms with Crippen molar-refractivity contribution in [2.75, 3.05) is 0 Å². The van der Waals surface area contributed by atoms with Crippen LogP contribution in [0.3, 0.4) is 0 Å². The molecular weight excluding hydrogens is 340 g/mol. The van der Waals surface area contributed by atoms with Gasteiger partial charge in [-0.2, -0.15) is 0 Å². The highest BCUT2D eigenvalue weighted by Gasteiger charge is 2.58. The lowest BCUT2D eigenvalue weighted by atomic mass is 9.76. The van der Waals surface area contributed by atoms with Crippen LogP contribution in [0.25, 0.3) is 0 Å². The Hall–Kier alpha value is -1.35. The van der Waals surface area contributed by atoms with Gasteiger partial charge in [-0.25, -0.2) is 0 Å². The highest BCUT2D eigenvalue weighted by molar-refractivity contribution is 9.10. The number of hydrogen-bond acceptors (Lipinski definition) is 2. The molecule has 0 saturated heterocycles. The summed E-state index contributed by atoms with van der Waals surface area (Å²) < 4.78 is 7.45. The molecule has 2 nitrogen and oxygen atoms in total. The minimum Gasteiger partial charge on any atom is -0.486 e. The standard InChI is InChI=1S/C19H19BrO2/c1-18(2)10-16(21)14-7-8-19(22-17(14)11-18)9-15(19)12-3-5-13(20)6-4-12/h3-8,15H,9-11H2,1-2H3/t15-,19+/m1/s1. The van der Waals surface area contributed by atoms with Crippen LogP contribution in [0.2, 0.25) is 0 Å². The van der Waals surface area contributed by atoms with E-state index in [-0.39, 0.29) is 16.8 Å². The Kier molecular flexibility index (Phi) is 2.96. The van der Waals surface area contributed by atoms with Crippen molar-refractivity contribution >= 4 is 21.7 Å². The predicted octanol–water partition coefficient (Wildman–Crippen LogP) is 4.90. The molecule has 1 saturated carbocycles. The Balaban J connectivity index is 1.60. The third-order valence-electron chi connectivity index (χ3n) is 4.95. The molecule has 4 rings (SSSR count). The van der Waals surface area contributed by atoms with E-state index in [1.54, 1.807) is 0 Å². The first-order valence-electron chi connectivity index (χ1n) is 7.79. The zero-order valence-corrected chi connectivity index (χ0v) is 14.4. The first-order valence-corrected chi connectivity index (χ1v) is 8.58. The minimum absolute atomic E-state index is 0.00425. The monoisotopic (exact) mass is 358 g/mol. The van der Waals surface area contributed by atoms with Crippen molar-refractivity contribution in [3.8, 4) is 0 Å². The van der Waals surface area contributed by atoms with Crippen LogP contribution < -0.4 is 0 Å². The second-order valence-corrected chi connectivity index (χ2v) is 8.39. The smallest absolute Gasteiger partial charge is 0.166 e. The average Bonchev–Trinajstić information content (AvgIpc) is 3.11. The maximum atomic E-state index is 12.3. The molecule has 22 heavy (non-hydrogen) atoms. The van der Waals surface area contributed by atoms with E-state index in [0.717, 1.165) is 28.6 Å². The third kappa shape index (κ3) is 2.26. The van der Waals surface area contributed by atoms with Crippen molar-refractivity contribution in [2.45, 2.75) is 44.6 Å². The molecule has 2 atom stereocenters. The molecule has 1 spiro atoms. The Bertz CT molecular complexity index is 711. The van der Waals surface area contributed by atoms with E-state index in [4.69, 9.17) is 4.74 Å². The maximum absolute atomic E-state index is 12.3. The van der Waals surface area contributed by atoms with Crippen molar-refractivity contribution in [1.29, 1.82) is 0 Å². The summed E-state index contributed by atoms with van der Waals surface area (Å²) in [5.74, 6) is 1.52. The number of benzene rings is 1. The van der Waals surface area contributed by atoms with Gasteiger partial charge in [0.2, 0.25) is 0 Å². The third-order valence-corrected chi connectivity index (χ3v) is 5.48. The van der Waals surface area contributed by atoms with E-state index in [1.807, 2.05) is 6.08 Å². The van der Waals surface area contributed by atoms with Crippen LogP contribution in [0.1, 0.15) is 44.6 Å². The molecule has 1 aliphatic heterocycles. The fourth-order valence-electron chi connectivity index (χ4n) is 3.69. The normalized spacial score (nSPS) is 32.0. The summed E-state index contributed by atoms with van der Waals surface area (Å²) in [7, 11) is 0. The highest BCUT2D eigenvalue weighted by Crippen LogP contribution is 2.59. The van der Waals surface area contributed by atoms with E-state index in [1.165, 1.54) is 5.56 Å². The summed E-state index contributed by atoms with van der Waals surface area (Å²) >= 11 is 3.48. The van der Waals surface area contributed by atoms with E-state index in [9.17, 15) is 4.79 Å². The summed E-state index contributed by atoms with van der Waals surface area (Å²) in [4.78, 5) is 12.3. The van der Waals surface area contributed by atoms with E-state index < -0.39 is 0 Å². The van der Waals surface area contributed by atoms with Crippen LogP contribution in [0.15, 0.2) is 52.2 Å². The first kappa shape index (κ1) is 14.3. The fraction of sp³-hybridized carbons (Fsp3) is 0.421. The van der Waals surface area contributed by atoms with Crippen LogP contribution in [-0.2, 0) is 9.53 Å². The summed E-state index contributed by atoms with van der Waals surface area (Å²) in [5.41, 5.74) is 1.88. The van der Waals surface area contributed by atoms with Crippen LogP contribution in [0.5, 0.6) is 0 Å². The van der Waals surface area contributed by atoms with Gasteiger partial charge in [-0.15, -0.1) is 0 Å². The van der Waals surface area contributed by atoms with Crippen LogP contribution in [0, 0.1) is 5.41 Å². The van der Waals surface area contributed by atoms with E-state index in [2.05, 4.69) is 60.1 Å². The Morgan fingerprint density at radius 1 is 1.18 bits per heavy atom. The number of Topliss-reactive ketones (excluding diaryl/α,β-unsaturated/α-hetero) is 1. The molecule has 2 aliphatic carbocycles. The molecule has 1 heterocycles. The van der Waals surface area contributed by atoms with E-state index in [0.29, 0.717) is 12.3 Å². The molecular formula is C19H19BrO2. The maximum Gasteiger partial charge on any atom is 0.166 e. The Labute approximate surface area is 139 Å². The zero-order chi connectivity index (χ0) is 15.5. The zero-order valence-electron chi connectivity index (χ0n) is 12.9. The number of carbonyl (C=O) groups excluding carboxylic acids is 1. The Morgan fingerprint density at radius 3 is 2.64 bits per heavy atom. The summed E-state index contributed by atoms with van der Waals surface area (Å²) in [6.07, 6.45) is 6.58. The molecule has 0 N–H and O–H groups in total. The van der Waals surface area contributed by atoms with Crippen molar-refractivity contribution in [3.63, 3.8) is 0 Å². The van der Waals surface area contributed by atoms with Gasteiger partial charge >= 0.3 is 0 Å². The summed E-state index contributed by atoms with van der Waals surface area (Å²) in [6.45, 7) is 4.28. The van der Waals surface area contributed by atoms with Gasteiger partial charge in [-0.05, 0) is 35.3 Å². The minimum atomic E-state index is -0.222. The van der Waals surface area contributed by atoms with Gasteiger partial charge < -0.3 is 4.74 Å². The molecule has 3 heteroatoms. The lowest BCUT2D eigenvalue weighted by Gasteiger charge is -2.35. The van der Waals surface area contributed by atoms with Crippen molar-refractivity contribution in [1.82, 2.24) is 0 Å². The number of hydrogen-bond donors (Lipinski definition) is 0. The van der Waals surface area contributed by atoms with Gasteiger partial charge in [0.25, 0.3) is 0 Å². The quantitative estimate of drug-likeness (QED) is 0.713. The van der Waals surface area contributed by atoms with Gasteiger partial charge in [0.05, 0.1) is 5.57 Å². The fourth-order valence-corrected chi connectivity index (χ4v) is 3.96. The molecule has 1 fully saturated rings. The molecule has 1 aromatic rings. The second-order valence-electron chi connectivity index (χ2n) is 7.48. The van der Waals surface area contributed by atoms with Gasteiger partial charge in [0.15, 0.2) is 5.78 Å². The van der Waals surface area contributed by atoms with E-state index >= 15 is 0 Å². The predicted molar refractivity (Wildman–Crippen MR) is 89.5 cm³/mol. The van der Waals surface area contributed by atoms with Crippen LogP contribution in [0.4, 0.5) is 0 Å². The largest absolute Gasteiger partial charge is 0.486 e. The molecule has 0 unspecified atom stereocenters. The van der Waals surface area contributed by atoms with Crippen molar-refractivity contribution < 1.29 is 9.53 Å². The van der Waals surface area contributed by atoms with Crippen LogP contribution in [-0.4, -0.2) is 11.4 Å². The molecule has 0 amide bonds. The molecule has 3 aliphatic rings. The number of allylic oxidation sites excluding steroid dienone is 3. The summed E-state index contributed by atoms with van der Waals surface area (Å²) in [5, 5.41) is 0. The number of halogens is 1.